The van der Waals surface area contributed by atoms with Gasteiger partial charge < -0.3 is 15.0 Å². The van der Waals surface area contributed by atoms with Gasteiger partial charge in [0.15, 0.2) is 0 Å². The molecule has 0 saturated carbocycles. The molecule has 1 N–H and O–H groups in total. The van der Waals surface area contributed by atoms with Crippen LogP contribution in [-0.4, -0.2) is 43.5 Å². The van der Waals surface area contributed by atoms with Gasteiger partial charge in [-0.3, -0.25) is 9.59 Å². The number of rotatable bonds is 7. The van der Waals surface area contributed by atoms with Crippen LogP contribution < -0.4 is 5.32 Å². The number of amides is 2. The van der Waals surface area contributed by atoms with Crippen LogP contribution in [0.2, 0.25) is 0 Å². The van der Waals surface area contributed by atoms with Crippen LogP contribution in [0.5, 0.6) is 0 Å². The molecular formula is C16H24N2O3. The number of nitrogens with one attached hydrogen (secondary N) is 1. The summed E-state index contributed by atoms with van der Waals surface area (Å²) in [4.78, 5) is 25.2. The molecule has 0 fully saturated rings. The molecular weight excluding hydrogens is 268 g/mol. The first-order chi connectivity index (χ1) is 9.99. The predicted molar refractivity (Wildman–Crippen MR) is 83.3 cm³/mol. The standard InChI is InChI=1S/C16H24N2O3/c1-5-14-8-6-7-12(2)16(14)17-15(20)11-18(13(3)19)9-10-21-4/h6-8H,5,9-11H2,1-4H3,(H,17,20). The van der Waals surface area contributed by atoms with Crippen molar-refractivity contribution in [2.75, 3.05) is 32.1 Å². The molecule has 0 aliphatic carbocycles. The Morgan fingerprint density at radius 1 is 1.33 bits per heavy atom. The van der Waals surface area contributed by atoms with Crippen molar-refractivity contribution in [1.29, 1.82) is 0 Å². The lowest BCUT2D eigenvalue weighted by atomic mass is 10.1. The summed E-state index contributed by atoms with van der Waals surface area (Å²) in [5.74, 6) is -0.326. The van der Waals surface area contributed by atoms with E-state index in [2.05, 4.69) is 5.32 Å². The molecule has 0 unspecified atom stereocenters. The highest BCUT2D eigenvalue weighted by Gasteiger charge is 2.15. The van der Waals surface area contributed by atoms with Gasteiger partial charge in [0.1, 0.15) is 0 Å². The van der Waals surface area contributed by atoms with Crippen LogP contribution in [0.15, 0.2) is 18.2 Å². The summed E-state index contributed by atoms with van der Waals surface area (Å²) < 4.78 is 4.95. The molecule has 116 valence electrons. The number of ether oxygens (including phenoxy) is 1. The van der Waals surface area contributed by atoms with Crippen LogP contribution in [-0.2, 0) is 20.7 Å². The first-order valence-corrected chi connectivity index (χ1v) is 7.12. The van der Waals surface area contributed by atoms with E-state index in [0.29, 0.717) is 13.2 Å². The second-order valence-corrected chi connectivity index (χ2v) is 4.94. The lowest BCUT2D eigenvalue weighted by Gasteiger charge is -2.21. The molecule has 0 heterocycles. The number of hydrogen-bond donors (Lipinski definition) is 1. The van der Waals surface area contributed by atoms with Gasteiger partial charge in [0.25, 0.3) is 0 Å². The molecule has 0 saturated heterocycles. The van der Waals surface area contributed by atoms with Gasteiger partial charge in [-0.15, -0.1) is 0 Å². The fraction of sp³-hybridized carbons (Fsp3) is 0.500. The van der Waals surface area contributed by atoms with Crippen LogP contribution in [0, 0.1) is 6.92 Å². The Bertz CT molecular complexity index is 500. The molecule has 5 heteroatoms. The van der Waals surface area contributed by atoms with Crippen molar-refractivity contribution < 1.29 is 14.3 Å². The first-order valence-electron chi connectivity index (χ1n) is 7.12. The van der Waals surface area contributed by atoms with Crippen molar-refractivity contribution in [2.24, 2.45) is 0 Å². The van der Waals surface area contributed by atoms with E-state index in [4.69, 9.17) is 4.74 Å². The number of anilines is 1. The predicted octanol–water partition coefficient (Wildman–Crippen LogP) is 1.99. The number of carbonyl (C=O) groups is 2. The van der Waals surface area contributed by atoms with E-state index in [1.807, 2.05) is 32.0 Å². The minimum absolute atomic E-state index is 0.0379. The van der Waals surface area contributed by atoms with E-state index in [0.717, 1.165) is 23.2 Å². The first kappa shape index (κ1) is 17.2. The highest BCUT2D eigenvalue weighted by Crippen LogP contribution is 2.20. The van der Waals surface area contributed by atoms with E-state index in [1.165, 1.54) is 11.8 Å². The molecule has 1 aromatic rings. The van der Waals surface area contributed by atoms with Crippen molar-refractivity contribution in [3.05, 3.63) is 29.3 Å². The summed E-state index contributed by atoms with van der Waals surface area (Å²) in [6, 6.07) is 5.93. The van der Waals surface area contributed by atoms with Crippen LogP contribution in [0.4, 0.5) is 5.69 Å². The molecule has 0 spiro atoms. The zero-order valence-corrected chi connectivity index (χ0v) is 13.2. The lowest BCUT2D eigenvalue weighted by Crippen LogP contribution is -2.38. The Morgan fingerprint density at radius 2 is 2.05 bits per heavy atom. The molecule has 1 rings (SSSR count). The average molecular weight is 292 g/mol. The van der Waals surface area contributed by atoms with Gasteiger partial charge in [-0.25, -0.2) is 0 Å². The van der Waals surface area contributed by atoms with Gasteiger partial charge in [0, 0.05) is 26.3 Å². The van der Waals surface area contributed by atoms with Gasteiger partial charge in [0.05, 0.1) is 13.2 Å². The summed E-state index contributed by atoms with van der Waals surface area (Å²) in [5, 5.41) is 2.92. The van der Waals surface area contributed by atoms with Crippen molar-refractivity contribution >= 4 is 17.5 Å². The number of hydrogen-bond acceptors (Lipinski definition) is 3. The number of aryl methyl sites for hydroxylation is 2. The zero-order valence-electron chi connectivity index (χ0n) is 13.2. The van der Waals surface area contributed by atoms with Crippen LogP contribution >= 0.6 is 0 Å². The van der Waals surface area contributed by atoms with Crippen LogP contribution in [0.3, 0.4) is 0 Å². The largest absolute Gasteiger partial charge is 0.383 e. The van der Waals surface area contributed by atoms with Crippen LogP contribution in [0.25, 0.3) is 0 Å². The number of benzene rings is 1. The number of nitrogens with zero attached hydrogens (tertiary/aromatic N) is 1. The molecule has 0 radical (unpaired) electrons. The van der Waals surface area contributed by atoms with E-state index < -0.39 is 0 Å². The molecule has 0 aliphatic heterocycles. The topological polar surface area (TPSA) is 58.6 Å². The number of para-hydroxylation sites is 1. The Morgan fingerprint density at radius 3 is 2.62 bits per heavy atom. The molecule has 1 aromatic carbocycles. The van der Waals surface area contributed by atoms with Gasteiger partial charge in [-0.2, -0.15) is 0 Å². The molecule has 0 bridgehead atoms. The quantitative estimate of drug-likeness (QED) is 0.836. The van der Waals surface area contributed by atoms with Gasteiger partial charge in [0.2, 0.25) is 11.8 Å². The summed E-state index contributed by atoms with van der Waals surface area (Å²) in [6.07, 6.45) is 0.845. The highest BCUT2D eigenvalue weighted by molar-refractivity contribution is 5.95. The van der Waals surface area contributed by atoms with Gasteiger partial charge in [-0.1, -0.05) is 25.1 Å². The molecule has 0 atom stereocenters. The molecule has 0 aromatic heterocycles. The SMILES string of the molecule is CCc1cccc(C)c1NC(=O)CN(CCOC)C(C)=O. The van der Waals surface area contributed by atoms with Crippen molar-refractivity contribution in [3.63, 3.8) is 0 Å². The third-order valence-corrected chi connectivity index (χ3v) is 3.35. The maximum atomic E-state index is 12.2. The number of methoxy groups -OCH3 is 1. The molecule has 5 nitrogen and oxygen atoms in total. The summed E-state index contributed by atoms with van der Waals surface area (Å²) in [6.45, 7) is 6.32. The van der Waals surface area contributed by atoms with Gasteiger partial charge in [-0.05, 0) is 24.5 Å². The smallest absolute Gasteiger partial charge is 0.244 e. The Hall–Kier alpha value is -1.88. The Labute approximate surface area is 126 Å². The molecule has 0 aliphatic rings. The Balaban J connectivity index is 2.74. The van der Waals surface area contributed by atoms with Crippen molar-refractivity contribution in [2.45, 2.75) is 27.2 Å². The summed E-state index contributed by atoms with van der Waals surface area (Å²) >= 11 is 0. The van der Waals surface area contributed by atoms with E-state index >= 15 is 0 Å². The summed E-state index contributed by atoms with van der Waals surface area (Å²) in [5.41, 5.74) is 2.96. The summed E-state index contributed by atoms with van der Waals surface area (Å²) in [7, 11) is 1.57. The van der Waals surface area contributed by atoms with E-state index in [9.17, 15) is 9.59 Å². The van der Waals surface area contributed by atoms with Crippen molar-refractivity contribution in [3.8, 4) is 0 Å². The van der Waals surface area contributed by atoms with E-state index in [1.54, 1.807) is 7.11 Å². The second-order valence-electron chi connectivity index (χ2n) is 4.94. The highest BCUT2D eigenvalue weighted by atomic mass is 16.5. The monoisotopic (exact) mass is 292 g/mol. The van der Waals surface area contributed by atoms with Crippen LogP contribution in [0.1, 0.15) is 25.0 Å². The average Bonchev–Trinajstić information content (AvgIpc) is 2.45. The number of carbonyl (C=O) groups excluding carboxylic acids is 2. The second kappa shape index (κ2) is 8.42. The minimum atomic E-state index is -0.190. The molecule has 21 heavy (non-hydrogen) atoms. The maximum absolute atomic E-state index is 12.2. The lowest BCUT2D eigenvalue weighted by molar-refractivity contribution is -0.133. The fourth-order valence-electron chi connectivity index (χ4n) is 2.10. The van der Waals surface area contributed by atoms with E-state index in [-0.39, 0.29) is 18.4 Å². The third-order valence-electron chi connectivity index (χ3n) is 3.35. The normalized spacial score (nSPS) is 10.3. The maximum Gasteiger partial charge on any atom is 0.244 e. The third kappa shape index (κ3) is 5.19. The van der Waals surface area contributed by atoms with Crippen molar-refractivity contribution in [1.82, 2.24) is 4.90 Å². The zero-order chi connectivity index (χ0) is 15.8. The minimum Gasteiger partial charge on any atom is -0.383 e. The Kier molecular flexibility index (Phi) is 6.88. The fourth-order valence-corrected chi connectivity index (χ4v) is 2.10. The molecule has 2 amide bonds. The van der Waals surface area contributed by atoms with Gasteiger partial charge >= 0.3 is 0 Å².